The second-order valence-electron chi connectivity index (χ2n) is 25.0. The van der Waals surface area contributed by atoms with Crippen molar-refractivity contribution in [3.05, 3.63) is 122 Å². The first-order valence-electron chi connectivity index (χ1n) is 35.8. The molecular formula is C75H125NO18. The lowest BCUT2D eigenvalue weighted by Gasteiger charge is -2.48. The number of aliphatic hydroxyl groups excluding tert-OH is 11. The molecule has 538 valence electrons. The number of ether oxygens (including phenoxy) is 6. The van der Waals surface area contributed by atoms with Crippen molar-refractivity contribution in [1.29, 1.82) is 0 Å². The molecule has 1 amide bonds. The van der Waals surface area contributed by atoms with E-state index in [4.69, 9.17) is 28.4 Å². The topological polar surface area (TPSA) is 307 Å². The van der Waals surface area contributed by atoms with Gasteiger partial charge < -0.3 is 89.9 Å². The zero-order valence-corrected chi connectivity index (χ0v) is 56.9. The van der Waals surface area contributed by atoms with Crippen molar-refractivity contribution >= 4 is 5.91 Å². The van der Waals surface area contributed by atoms with E-state index in [2.05, 4.69) is 141 Å². The van der Waals surface area contributed by atoms with Crippen molar-refractivity contribution in [2.24, 2.45) is 0 Å². The number of hydrogen-bond acceptors (Lipinski definition) is 18. The van der Waals surface area contributed by atoms with E-state index in [9.17, 15) is 61.0 Å². The Morgan fingerprint density at radius 3 is 1.15 bits per heavy atom. The minimum Gasteiger partial charge on any atom is -0.394 e. The lowest BCUT2D eigenvalue weighted by molar-refractivity contribution is -0.379. The number of aliphatic hydroxyl groups is 11. The molecule has 0 bridgehead atoms. The Morgan fingerprint density at radius 1 is 0.394 bits per heavy atom. The average molecular weight is 1330 g/mol. The molecule has 94 heavy (non-hydrogen) atoms. The molecule has 3 rings (SSSR count). The highest BCUT2D eigenvalue weighted by Crippen LogP contribution is 2.33. The van der Waals surface area contributed by atoms with E-state index in [1.54, 1.807) is 0 Å². The highest BCUT2D eigenvalue weighted by atomic mass is 16.8. The fourth-order valence-corrected chi connectivity index (χ4v) is 11.3. The number of nitrogens with one attached hydrogen (secondary N) is 1. The predicted molar refractivity (Wildman–Crippen MR) is 369 cm³/mol. The van der Waals surface area contributed by atoms with E-state index in [0.29, 0.717) is 12.8 Å². The van der Waals surface area contributed by atoms with Gasteiger partial charge in [0.25, 0.3) is 0 Å². The summed E-state index contributed by atoms with van der Waals surface area (Å²) in [6, 6.07) is -0.894. The van der Waals surface area contributed by atoms with Crippen LogP contribution in [0.4, 0.5) is 0 Å². The minimum atomic E-state index is -1.98. The van der Waals surface area contributed by atoms with Crippen LogP contribution >= 0.6 is 0 Å². The number of carbonyl (C=O) groups excluding carboxylic acids is 1. The smallest absolute Gasteiger partial charge is 0.220 e. The van der Waals surface area contributed by atoms with Crippen molar-refractivity contribution in [2.45, 2.75) is 317 Å². The van der Waals surface area contributed by atoms with Crippen molar-refractivity contribution < 1.29 is 89.4 Å². The van der Waals surface area contributed by atoms with Gasteiger partial charge >= 0.3 is 0 Å². The van der Waals surface area contributed by atoms with Crippen LogP contribution in [0.15, 0.2) is 122 Å². The van der Waals surface area contributed by atoms with Gasteiger partial charge in [0.1, 0.15) is 73.2 Å². The first-order chi connectivity index (χ1) is 45.8. The first kappa shape index (κ1) is 84.4. The SMILES string of the molecule is CC/C=C\C/C=C\C/C=C\C/C=C\C/C=C\C/C=C\C/C=C\C/C=C\C/C=C\C/C=C\CCCCCCCCCCCCC(=O)NC(COC1OC(CO)C(OC2OC(CO)C(OC3OC(CO)C(O)C(O)C3O)C(O)C2O)C(O)C1O)C(O)CCCCCCCCCC. The molecule has 0 aliphatic carbocycles. The quantitative estimate of drug-likeness (QED) is 0.0199. The summed E-state index contributed by atoms with van der Waals surface area (Å²) >= 11 is 0. The van der Waals surface area contributed by atoms with Gasteiger partial charge in [0.05, 0.1) is 38.6 Å². The number of amides is 1. The summed E-state index contributed by atoms with van der Waals surface area (Å²) in [4.78, 5) is 13.3. The van der Waals surface area contributed by atoms with Crippen molar-refractivity contribution in [2.75, 3.05) is 26.4 Å². The van der Waals surface area contributed by atoms with E-state index in [-0.39, 0.29) is 18.9 Å². The zero-order chi connectivity index (χ0) is 68.2. The zero-order valence-electron chi connectivity index (χ0n) is 56.9. The third-order valence-corrected chi connectivity index (χ3v) is 17.1. The number of carbonyl (C=O) groups is 1. The van der Waals surface area contributed by atoms with Gasteiger partial charge in [0.2, 0.25) is 5.91 Å². The fourth-order valence-electron chi connectivity index (χ4n) is 11.3. The van der Waals surface area contributed by atoms with Gasteiger partial charge in [-0.3, -0.25) is 4.79 Å². The van der Waals surface area contributed by atoms with Crippen molar-refractivity contribution in [3.8, 4) is 0 Å². The van der Waals surface area contributed by atoms with E-state index in [1.807, 2.05) is 0 Å². The molecule has 17 unspecified atom stereocenters. The Bertz CT molecular complexity index is 2180. The molecule has 19 heteroatoms. The summed E-state index contributed by atoms with van der Waals surface area (Å²) in [5.41, 5.74) is 0. The second-order valence-corrected chi connectivity index (χ2v) is 25.0. The van der Waals surface area contributed by atoms with Gasteiger partial charge in [-0.15, -0.1) is 0 Å². The summed E-state index contributed by atoms with van der Waals surface area (Å²) in [7, 11) is 0. The van der Waals surface area contributed by atoms with Crippen LogP contribution in [-0.4, -0.2) is 193 Å². The maximum Gasteiger partial charge on any atom is 0.220 e. The van der Waals surface area contributed by atoms with Crippen LogP contribution in [0.2, 0.25) is 0 Å². The highest BCUT2D eigenvalue weighted by molar-refractivity contribution is 5.76. The van der Waals surface area contributed by atoms with Crippen LogP contribution < -0.4 is 5.32 Å². The summed E-state index contributed by atoms with van der Waals surface area (Å²) < 4.78 is 34.3. The molecule has 3 aliphatic heterocycles. The molecule has 3 saturated heterocycles. The summed E-state index contributed by atoms with van der Waals surface area (Å²) in [5.74, 6) is -0.256. The highest BCUT2D eigenvalue weighted by Gasteiger charge is 2.53. The Hall–Kier alpha value is -3.81. The van der Waals surface area contributed by atoms with Gasteiger partial charge in [-0.1, -0.05) is 238 Å². The van der Waals surface area contributed by atoms with Crippen molar-refractivity contribution in [1.82, 2.24) is 5.32 Å². The molecule has 19 nitrogen and oxygen atoms in total. The third-order valence-electron chi connectivity index (χ3n) is 17.1. The van der Waals surface area contributed by atoms with Gasteiger partial charge in [0.15, 0.2) is 18.9 Å². The number of allylic oxidation sites excluding steroid dienone is 20. The average Bonchev–Trinajstić information content (AvgIpc) is 0.834. The summed E-state index contributed by atoms with van der Waals surface area (Å²) in [6.07, 6.45) is 49.0. The Labute approximate surface area is 563 Å². The molecular weight excluding hydrogens is 1200 g/mol. The monoisotopic (exact) mass is 1330 g/mol. The van der Waals surface area contributed by atoms with Crippen molar-refractivity contribution in [3.63, 3.8) is 0 Å². The van der Waals surface area contributed by atoms with Gasteiger partial charge in [-0.05, 0) is 89.9 Å². The summed E-state index contributed by atoms with van der Waals surface area (Å²) in [6.45, 7) is 1.61. The molecule has 0 saturated carbocycles. The lowest BCUT2D eigenvalue weighted by Crippen LogP contribution is -2.66. The van der Waals surface area contributed by atoms with Gasteiger partial charge in [-0.25, -0.2) is 0 Å². The fraction of sp³-hybridized carbons (Fsp3) is 0.720. The maximum absolute atomic E-state index is 13.3. The Balaban J connectivity index is 1.28. The molecule has 17 atom stereocenters. The number of rotatable bonds is 53. The Morgan fingerprint density at radius 2 is 0.734 bits per heavy atom. The van der Waals surface area contributed by atoms with Crippen LogP contribution in [0, 0.1) is 0 Å². The Kier molecular flexibility index (Phi) is 49.5. The lowest BCUT2D eigenvalue weighted by atomic mass is 9.96. The molecule has 3 fully saturated rings. The van der Waals surface area contributed by atoms with Gasteiger partial charge in [-0.2, -0.15) is 0 Å². The number of unbranched alkanes of at least 4 members (excludes halogenated alkanes) is 17. The third kappa shape index (κ3) is 36.1. The van der Waals surface area contributed by atoms with Crippen LogP contribution in [0.5, 0.6) is 0 Å². The van der Waals surface area contributed by atoms with E-state index in [1.165, 1.54) is 51.4 Å². The van der Waals surface area contributed by atoms with Crippen LogP contribution in [-0.2, 0) is 33.2 Å². The van der Waals surface area contributed by atoms with E-state index < -0.39 is 124 Å². The molecule has 0 aromatic carbocycles. The van der Waals surface area contributed by atoms with Gasteiger partial charge in [0, 0.05) is 6.42 Å². The molecule has 0 aromatic heterocycles. The maximum atomic E-state index is 13.3. The standard InChI is InChI=1S/C75H125NO18/c1-3-5-7-9-11-13-14-15-16-17-18-19-20-21-22-23-24-25-26-27-28-29-30-31-32-33-34-35-36-37-38-39-40-41-42-43-44-45-47-49-51-53-63(81)76-58(59(80)52-50-48-46-12-10-8-6-4-2)57-89-73-69(87)66(84)71(61(55-78)91-73)94-75-70(88)67(85)72(62(56-79)92-75)93-74-68(86)65(83)64(82)60(54-77)90-74/h5,7,11,13,15-16,18-19,21-22,24-25,27-28,30-31,33-34,36-37,58-62,64-75,77-80,82-88H,3-4,6,8-10,12,14,17,20,23,26,29,32,35,38-57H2,1-2H3,(H,76,81)/b7-5-,13-11-,16-15-,19-18-,22-21-,25-24-,28-27-,31-30-,34-33-,37-36-. The molecule has 3 aliphatic rings. The molecule has 0 aromatic rings. The first-order valence-corrected chi connectivity index (χ1v) is 35.8. The largest absolute Gasteiger partial charge is 0.394 e. The number of hydrogen-bond donors (Lipinski definition) is 12. The molecule has 3 heterocycles. The molecule has 0 radical (unpaired) electrons. The van der Waals surface area contributed by atoms with Crippen LogP contribution in [0.3, 0.4) is 0 Å². The van der Waals surface area contributed by atoms with Crippen LogP contribution in [0.1, 0.15) is 213 Å². The molecule has 0 spiro atoms. The predicted octanol–water partition coefficient (Wildman–Crippen LogP) is 9.99. The normalized spacial score (nSPS) is 28.1. The molecule has 12 N–H and O–H groups in total. The summed E-state index contributed by atoms with van der Waals surface area (Å²) in [5, 5.41) is 120. The van der Waals surface area contributed by atoms with E-state index in [0.717, 1.165) is 128 Å². The second kappa shape index (κ2) is 55.1. The van der Waals surface area contributed by atoms with Crippen LogP contribution in [0.25, 0.3) is 0 Å². The van der Waals surface area contributed by atoms with E-state index >= 15 is 0 Å². The minimum absolute atomic E-state index is 0.253.